The first-order chi connectivity index (χ1) is 14.4. The van der Waals surface area contributed by atoms with Crippen LogP contribution >= 0.6 is 0 Å². The number of hydrogen-bond acceptors (Lipinski definition) is 4. The number of rotatable bonds is 7. The van der Waals surface area contributed by atoms with Crippen molar-refractivity contribution in [2.75, 3.05) is 6.61 Å². The Kier molecular flexibility index (Phi) is 6.62. The Hall–Kier alpha value is -3.47. The fraction of sp³-hybridized carbons (Fsp3) is 0.240. The van der Waals surface area contributed by atoms with Crippen LogP contribution in [0.25, 0.3) is 11.1 Å². The molecule has 0 saturated heterocycles. The predicted octanol–water partition coefficient (Wildman–Crippen LogP) is 4.18. The van der Waals surface area contributed by atoms with Gasteiger partial charge >= 0.3 is 5.97 Å². The number of hydrogen-bond donors (Lipinski definition) is 0. The number of ketones is 1. The number of esters is 1. The Balaban J connectivity index is 1.99. The first-order valence-electron chi connectivity index (χ1n) is 9.93. The summed E-state index contributed by atoms with van der Waals surface area (Å²) in [4.78, 5) is 36.0. The Labute approximate surface area is 175 Å². The fourth-order valence-corrected chi connectivity index (χ4v) is 3.50. The monoisotopic (exact) mass is 403 g/mol. The van der Waals surface area contributed by atoms with E-state index in [-0.39, 0.29) is 23.4 Å². The Morgan fingerprint density at radius 3 is 2.53 bits per heavy atom. The van der Waals surface area contributed by atoms with Crippen molar-refractivity contribution in [2.45, 2.75) is 33.7 Å². The van der Waals surface area contributed by atoms with E-state index in [9.17, 15) is 14.4 Å². The van der Waals surface area contributed by atoms with Crippen molar-refractivity contribution in [1.29, 1.82) is 0 Å². The molecular weight excluding hydrogens is 378 g/mol. The highest BCUT2D eigenvalue weighted by atomic mass is 16.5. The summed E-state index contributed by atoms with van der Waals surface area (Å²) >= 11 is 0. The number of aromatic nitrogens is 1. The maximum absolute atomic E-state index is 12.4. The molecule has 5 nitrogen and oxygen atoms in total. The first kappa shape index (κ1) is 21.2. The third-order valence-corrected chi connectivity index (χ3v) is 4.81. The highest BCUT2D eigenvalue weighted by Crippen LogP contribution is 2.25. The van der Waals surface area contributed by atoms with Gasteiger partial charge < -0.3 is 9.30 Å². The van der Waals surface area contributed by atoms with Gasteiger partial charge in [-0.3, -0.25) is 9.59 Å². The Morgan fingerprint density at radius 1 is 1.03 bits per heavy atom. The van der Waals surface area contributed by atoms with Crippen molar-refractivity contribution in [2.24, 2.45) is 0 Å². The van der Waals surface area contributed by atoms with E-state index in [0.29, 0.717) is 18.5 Å². The molecule has 1 heterocycles. The van der Waals surface area contributed by atoms with Crippen LogP contribution in [-0.2, 0) is 22.5 Å². The van der Waals surface area contributed by atoms with E-state index in [2.05, 4.69) is 0 Å². The minimum absolute atomic E-state index is 0.0396. The summed E-state index contributed by atoms with van der Waals surface area (Å²) in [6.07, 6.45) is 3.70. The zero-order chi connectivity index (χ0) is 21.7. The summed E-state index contributed by atoms with van der Waals surface area (Å²) in [6.45, 7) is 5.69. The van der Waals surface area contributed by atoms with E-state index in [0.717, 1.165) is 22.3 Å². The van der Waals surface area contributed by atoms with Crippen LogP contribution in [0.4, 0.5) is 0 Å². The molecule has 0 aliphatic heterocycles. The lowest BCUT2D eigenvalue weighted by Crippen LogP contribution is -2.22. The van der Waals surface area contributed by atoms with Crippen molar-refractivity contribution in [1.82, 2.24) is 4.57 Å². The second-order valence-electron chi connectivity index (χ2n) is 7.31. The van der Waals surface area contributed by atoms with Gasteiger partial charge in [0, 0.05) is 30.9 Å². The van der Waals surface area contributed by atoms with E-state index >= 15 is 0 Å². The van der Waals surface area contributed by atoms with Crippen LogP contribution in [0.15, 0.2) is 65.7 Å². The molecule has 2 aromatic carbocycles. The lowest BCUT2D eigenvalue weighted by atomic mass is 9.96. The van der Waals surface area contributed by atoms with E-state index in [1.54, 1.807) is 33.2 Å². The number of carbonyl (C=O) groups excluding carboxylic acids is 2. The molecule has 0 radical (unpaired) electrons. The van der Waals surface area contributed by atoms with Gasteiger partial charge in [0.2, 0.25) is 0 Å². The number of Topliss-reactive ketones (excluding diaryl/α,β-unsaturated/α-hetero) is 1. The summed E-state index contributed by atoms with van der Waals surface area (Å²) in [5.41, 5.74) is 4.29. The van der Waals surface area contributed by atoms with Gasteiger partial charge in [0.1, 0.15) is 11.3 Å². The van der Waals surface area contributed by atoms with E-state index in [1.165, 1.54) is 0 Å². The van der Waals surface area contributed by atoms with Crippen molar-refractivity contribution < 1.29 is 14.3 Å². The summed E-state index contributed by atoms with van der Waals surface area (Å²) < 4.78 is 6.86. The van der Waals surface area contributed by atoms with Gasteiger partial charge in [-0.05, 0) is 43.0 Å². The second kappa shape index (κ2) is 9.35. The molecule has 1 aromatic heterocycles. The molecule has 0 fully saturated rings. The van der Waals surface area contributed by atoms with Crippen LogP contribution in [0.2, 0.25) is 0 Å². The summed E-state index contributed by atoms with van der Waals surface area (Å²) in [6, 6.07) is 15.9. The van der Waals surface area contributed by atoms with E-state index in [4.69, 9.17) is 4.74 Å². The van der Waals surface area contributed by atoms with Crippen molar-refractivity contribution >= 4 is 11.8 Å². The van der Waals surface area contributed by atoms with Crippen LogP contribution < -0.4 is 5.43 Å². The average molecular weight is 403 g/mol. The zero-order valence-electron chi connectivity index (χ0n) is 17.5. The van der Waals surface area contributed by atoms with Gasteiger partial charge in [0.05, 0.1) is 6.61 Å². The fourth-order valence-electron chi connectivity index (χ4n) is 3.50. The maximum atomic E-state index is 12.4. The minimum atomic E-state index is -0.606. The highest BCUT2D eigenvalue weighted by Gasteiger charge is 2.15. The summed E-state index contributed by atoms with van der Waals surface area (Å²) in [7, 11) is 0. The standard InChI is InChI=1S/C25H25NO4/c1-4-30-25(29)23-16-26(14-17(2)24(23)28)15-21-9-5-6-11-22(21)20-10-7-8-19(13-20)12-18(3)27/h5-11,13-14,16H,4,12,15H2,1-3H3. The van der Waals surface area contributed by atoms with Gasteiger partial charge in [0.15, 0.2) is 5.43 Å². The number of benzene rings is 2. The molecule has 0 aliphatic rings. The maximum Gasteiger partial charge on any atom is 0.343 e. The third kappa shape index (κ3) is 4.92. The molecule has 0 N–H and O–H groups in total. The normalized spacial score (nSPS) is 10.6. The molecule has 0 unspecified atom stereocenters. The molecule has 0 saturated carbocycles. The SMILES string of the molecule is CCOC(=O)c1cn(Cc2ccccc2-c2cccc(CC(C)=O)c2)cc(C)c1=O. The number of aryl methyl sites for hydroxylation is 1. The molecule has 0 aliphatic carbocycles. The molecule has 0 amide bonds. The lowest BCUT2D eigenvalue weighted by molar-refractivity contribution is -0.116. The van der Waals surface area contributed by atoms with Crippen LogP contribution in [-0.4, -0.2) is 22.9 Å². The zero-order valence-corrected chi connectivity index (χ0v) is 17.5. The van der Waals surface area contributed by atoms with E-state index in [1.807, 2.05) is 53.1 Å². The number of pyridine rings is 1. The summed E-state index contributed by atoms with van der Waals surface area (Å²) in [5, 5.41) is 0. The van der Waals surface area contributed by atoms with Crippen molar-refractivity contribution in [3.63, 3.8) is 0 Å². The van der Waals surface area contributed by atoms with Crippen molar-refractivity contribution in [3.05, 3.63) is 93.4 Å². The average Bonchev–Trinajstić information content (AvgIpc) is 2.71. The molecule has 5 heteroatoms. The highest BCUT2D eigenvalue weighted by molar-refractivity contribution is 5.89. The smallest absolute Gasteiger partial charge is 0.343 e. The van der Waals surface area contributed by atoms with Gasteiger partial charge in [0.25, 0.3) is 0 Å². The topological polar surface area (TPSA) is 65.4 Å². The molecular formula is C25H25NO4. The molecule has 3 aromatic rings. The molecule has 3 rings (SSSR count). The number of nitrogens with zero attached hydrogens (tertiary/aromatic N) is 1. The largest absolute Gasteiger partial charge is 0.462 e. The first-order valence-corrected chi connectivity index (χ1v) is 9.93. The third-order valence-electron chi connectivity index (χ3n) is 4.81. The van der Waals surface area contributed by atoms with Gasteiger partial charge in [-0.25, -0.2) is 4.79 Å². The van der Waals surface area contributed by atoms with Crippen LogP contribution in [0.5, 0.6) is 0 Å². The summed E-state index contributed by atoms with van der Waals surface area (Å²) in [5.74, 6) is -0.485. The van der Waals surface area contributed by atoms with Gasteiger partial charge in [-0.2, -0.15) is 0 Å². The molecule has 0 atom stereocenters. The van der Waals surface area contributed by atoms with Crippen LogP contribution in [0, 0.1) is 6.92 Å². The molecule has 0 spiro atoms. The Bertz CT molecular complexity index is 1140. The van der Waals surface area contributed by atoms with Gasteiger partial charge in [-0.1, -0.05) is 48.5 Å². The molecule has 30 heavy (non-hydrogen) atoms. The van der Waals surface area contributed by atoms with E-state index < -0.39 is 5.97 Å². The van der Waals surface area contributed by atoms with Crippen LogP contribution in [0.3, 0.4) is 0 Å². The predicted molar refractivity (Wildman–Crippen MR) is 117 cm³/mol. The van der Waals surface area contributed by atoms with Gasteiger partial charge in [-0.15, -0.1) is 0 Å². The lowest BCUT2D eigenvalue weighted by Gasteiger charge is -2.14. The molecule has 0 bridgehead atoms. The quantitative estimate of drug-likeness (QED) is 0.555. The molecule has 154 valence electrons. The van der Waals surface area contributed by atoms with Crippen molar-refractivity contribution in [3.8, 4) is 11.1 Å². The number of ether oxygens (including phenoxy) is 1. The Morgan fingerprint density at radius 2 is 1.80 bits per heavy atom. The minimum Gasteiger partial charge on any atom is -0.462 e. The second-order valence-corrected chi connectivity index (χ2v) is 7.31. The number of carbonyl (C=O) groups is 2. The van der Waals surface area contributed by atoms with Crippen LogP contribution in [0.1, 0.15) is 40.9 Å².